The third kappa shape index (κ3) is 3.43. The third-order valence-electron chi connectivity index (χ3n) is 2.90. The van der Waals surface area contributed by atoms with Gasteiger partial charge in [0.15, 0.2) is 0 Å². The average Bonchev–Trinajstić information content (AvgIpc) is 2.43. The molecule has 1 aromatic carbocycles. The minimum Gasteiger partial charge on any atom is -0.372 e. The normalized spacial score (nSPS) is 10.7. The lowest BCUT2D eigenvalue weighted by Gasteiger charge is -2.10. The van der Waals surface area contributed by atoms with E-state index < -0.39 is 0 Å². The minimum atomic E-state index is 0.574. The maximum Gasteiger partial charge on any atom is 0.144 e. The second-order valence-electron chi connectivity index (χ2n) is 4.27. The summed E-state index contributed by atoms with van der Waals surface area (Å²) in [6, 6.07) is 5.46. The Morgan fingerprint density at radius 1 is 1.25 bits per heavy atom. The van der Waals surface area contributed by atoms with Crippen molar-refractivity contribution >= 4 is 44.9 Å². The summed E-state index contributed by atoms with van der Waals surface area (Å²) in [7, 11) is 1.84. The van der Waals surface area contributed by atoms with Crippen molar-refractivity contribution in [2.24, 2.45) is 0 Å². The van der Waals surface area contributed by atoms with Crippen LogP contribution in [-0.2, 0) is 12.8 Å². The van der Waals surface area contributed by atoms with Gasteiger partial charge in [0, 0.05) is 23.5 Å². The standard InChI is InChI=1S/C14H14BrCl2N3/c1-3-11-13(15)14(18-2)20-12(19-11)6-8-4-5-9(16)7-10(8)17/h4-5,7H,3,6H2,1-2H3,(H,18,19,20). The summed E-state index contributed by atoms with van der Waals surface area (Å²) in [5.41, 5.74) is 1.94. The Bertz CT molecular complexity index is 607. The van der Waals surface area contributed by atoms with Crippen LogP contribution in [0, 0.1) is 0 Å². The summed E-state index contributed by atoms with van der Waals surface area (Å²) >= 11 is 15.6. The van der Waals surface area contributed by atoms with E-state index >= 15 is 0 Å². The van der Waals surface area contributed by atoms with Gasteiger partial charge in [0.1, 0.15) is 11.6 Å². The molecule has 0 fully saturated rings. The number of nitrogens with one attached hydrogen (secondary N) is 1. The van der Waals surface area contributed by atoms with Crippen LogP contribution in [0.5, 0.6) is 0 Å². The van der Waals surface area contributed by atoms with Crippen molar-refractivity contribution < 1.29 is 0 Å². The number of benzene rings is 1. The van der Waals surface area contributed by atoms with Gasteiger partial charge in [0.2, 0.25) is 0 Å². The SMILES string of the molecule is CCc1nc(Cc2ccc(Cl)cc2Cl)nc(NC)c1Br. The zero-order valence-electron chi connectivity index (χ0n) is 11.2. The minimum absolute atomic E-state index is 0.574. The fourth-order valence-corrected chi connectivity index (χ4v) is 2.99. The number of nitrogens with zero attached hydrogens (tertiary/aromatic N) is 2. The summed E-state index contributed by atoms with van der Waals surface area (Å²) in [6.07, 6.45) is 1.41. The number of hydrogen-bond acceptors (Lipinski definition) is 3. The predicted molar refractivity (Wildman–Crippen MR) is 87.9 cm³/mol. The Kier molecular flexibility index (Phi) is 5.24. The fourth-order valence-electron chi connectivity index (χ4n) is 1.86. The van der Waals surface area contributed by atoms with Gasteiger partial charge in [0.25, 0.3) is 0 Å². The molecule has 0 aliphatic carbocycles. The van der Waals surface area contributed by atoms with Gasteiger partial charge in [-0.05, 0) is 40.0 Å². The van der Waals surface area contributed by atoms with Gasteiger partial charge in [-0.1, -0.05) is 36.2 Å². The zero-order chi connectivity index (χ0) is 14.7. The van der Waals surface area contributed by atoms with Crippen molar-refractivity contribution in [2.75, 3.05) is 12.4 Å². The average molecular weight is 375 g/mol. The van der Waals surface area contributed by atoms with E-state index in [1.807, 2.05) is 19.2 Å². The molecule has 2 aromatic rings. The van der Waals surface area contributed by atoms with Crippen molar-refractivity contribution in [3.63, 3.8) is 0 Å². The molecular weight excluding hydrogens is 361 g/mol. The molecule has 0 unspecified atom stereocenters. The van der Waals surface area contributed by atoms with Crippen LogP contribution in [0.4, 0.5) is 5.82 Å². The molecule has 0 saturated carbocycles. The van der Waals surface area contributed by atoms with Gasteiger partial charge in [0.05, 0.1) is 10.2 Å². The van der Waals surface area contributed by atoms with E-state index in [1.165, 1.54) is 0 Å². The van der Waals surface area contributed by atoms with E-state index in [0.29, 0.717) is 16.5 Å². The van der Waals surface area contributed by atoms with Crippen LogP contribution in [0.15, 0.2) is 22.7 Å². The molecule has 1 N–H and O–H groups in total. The van der Waals surface area contributed by atoms with Crippen molar-refractivity contribution in [1.29, 1.82) is 0 Å². The number of anilines is 1. The van der Waals surface area contributed by atoms with E-state index in [4.69, 9.17) is 23.2 Å². The second kappa shape index (κ2) is 6.74. The van der Waals surface area contributed by atoms with Crippen LogP contribution in [0.2, 0.25) is 10.0 Å². The van der Waals surface area contributed by atoms with Gasteiger partial charge >= 0.3 is 0 Å². The van der Waals surface area contributed by atoms with Crippen molar-refractivity contribution in [1.82, 2.24) is 9.97 Å². The van der Waals surface area contributed by atoms with E-state index in [1.54, 1.807) is 6.07 Å². The molecule has 0 aliphatic heterocycles. The van der Waals surface area contributed by atoms with Crippen LogP contribution in [-0.4, -0.2) is 17.0 Å². The van der Waals surface area contributed by atoms with Gasteiger partial charge in [-0.3, -0.25) is 0 Å². The molecule has 6 heteroatoms. The molecule has 0 atom stereocenters. The lowest BCUT2D eigenvalue weighted by Crippen LogP contribution is -2.06. The Morgan fingerprint density at radius 2 is 2.00 bits per heavy atom. The van der Waals surface area contributed by atoms with Gasteiger partial charge in [-0.2, -0.15) is 0 Å². The summed E-state index contributed by atoms with van der Waals surface area (Å²) in [5, 5.41) is 4.33. The topological polar surface area (TPSA) is 37.8 Å². The van der Waals surface area contributed by atoms with E-state index in [9.17, 15) is 0 Å². The lowest BCUT2D eigenvalue weighted by molar-refractivity contribution is 0.898. The largest absolute Gasteiger partial charge is 0.372 e. The number of halogens is 3. The van der Waals surface area contributed by atoms with Crippen LogP contribution in [0.3, 0.4) is 0 Å². The fraction of sp³-hybridized carbons (Fsp3) is 0.286. The molecule has 0 amide bonds. The highest BCUT2D eigenvalue weighted by molar-refractivity contribution is 9.10. The highest BCUT2D eigenvalue weighted by Crippen LogP contribution is 2.26. The van der Waals surface area contributed by atoms with Crippen LogP contribution >= 0.6 is 39.1 Å². The quantitative estimate of drug-likeness (QED) is 0.839. The first-order chi connectivity index (χ1) is 9.55. The maximum atomic E-state index is 6.19. The second-order valence-corrected chi connectivity index (χ2v) is 5.90. The molecule has 0 aliphatic rings. The molecule has 20 heavy (non-hydrogen) atoms. The first-order valence-electron chi connectivity index (χ1n) is 6.22. The monoisotopic (exact) mass is 373 g/mol. The smallest absolute Gasteiger partial charge is 0.144 e. The summed E-state index contributed by atoms with van der Waals surface area (Å²) in [6.45, 7) is 2.06. The molecule has 1 aromatic heterocycles. The van der Waals surface area contributed by atoms with Crippen molar-refractivity contribution in [3.05, 3.63) is 49.8 Å². The first-order valence-corrected chi connectivity index (χ1v) is 7.77. The predicted octanol–water partition coefficient (Wildman–Crippen LogP) is 4.74. The van der Waals surface area contributed by atoms with Crippen LogP contribution in [0.25, 0.3) is 0 Å². The third-order valence-corrected chi connectivity index (χ3v) is 4.32. The van der Waals surface area contributed by atoms with E-state index in [-0.39, 0.29) is 0 Å². The Labute approximate surface area is 136 Å². The van der Waals surface area contributed by atoms with Crippen LogP contribution in [0.1, 0.15) is 24.0 Å². The highest BCUT2D eigenvalue weighted by atomic mass is 79.9. The molecule has 106 valence electrons. The summed E-state index contributed by atoms with van der Waals surface area (Å²) < 4.78 is 0.911. The molecule has 2 rings (SSSR count). The Morgan fingerprint density at radius 3 is 2.60 bits per heavy atom. The molecule has 3 nitrogen and oxygen atoms in total. The number of hydrogen-bond donors (Lipinski definition) is 1. The summed E-state index contributed by atoms with van der Waals surface area (Å²) in [5.74, 6) is 1.52. The van der Waals surface area contributed by atoms with E-state index in [0.717, 1.165) is 33.8 Å². The maximum absolute atomic E-state index is 6.19. The highest BCUT2D eigenvalue weighted by Gasteiger charge is 2.12. The van der Waals surface area contributed by atoms with Gasteiger partial charge in [-0.25, -0.2) is 9.97 Å². The van der Waals surface area contributed by atoms with Gasteiger partial charge < -0.3 is 5.32 Å². The number of rotatable bonds is 4. The van der Waals surface area contributed by atoms with Crippen molar-refractivity contribution in [2.45, 2.75) is 19.8 Å². The molecule has 1 heterocycles. The van der Waals surface area contributed by atoms with E-state index in [2.05, 4.69) is 38.1 Å². The lowest BCUT2D eigenvalue weighted by atomic mass is 10.1. The molecule has 0 radical (unpaired) electrons. The first kappa shape index (κ1) is 15.5. The molecule has 0 spiro atoms. The van der Waals surface area contributed by atoms with Crippen molar-refractivity contribution in [3.8, 4) is 0 Å². The summed E-state index contributed by atoms with van der Waals surface area (Å²) in [4.78, 5) is 9.07. The number of aryl methyl sites for hydroxylation is 1. The number of aromatic nitrogens is 2. The Hall–Kier alpha value is -0.840. The molecule has 0 bridgehead atoms. The zero-order valence-corrected chi connectivity index (χ0v) is 14.3. The Balaban J connectivity index is 2.38. The van der Waals surface area contributed by atoms with Crippen LogP contribution < -0.4 is 5.32 Å². The molecular formula is C14H14BrCl2N3. The molecule has 0 saturated heterocycles. The van der Waals surface area contributed by atoms with Gasteiger partial charge in [-0.15, -0.1) is 0 Å².